The van der Waals surface area contributed by atoms with E-state index in [1.165, 1.54) is 0 Å². The summed E-state index contributed by atoms with van der Waals surface area (Å²) in [5, 5.41) is 9.30. The zero-order valence-corrected chi connectivity index (χ0v) is 17.4. The highest BCUT2D eigenvalue weighted by Gasteiger charge is 2.10. The average Bonchev–Trinajstić information content (AvgIpc) is 2.74. The Hall–Kier alpha value is -3.81. The topological polar surface area (TPSA) is 97.4 Å². The van der Waals surface area contributed by atoms with Crippen molar-refractivity contribution in [1.29, 1.82) is 0 Å². The largest absolute Gasteiger partial charge is 0.497 e. The number of nitrogens with one attached hydrogen (secondary N) is 3. The van der Waals surface area contributed by atoms with Gasteiger partial charge in [0.1, 0.15) is 29.0 Å². The Bertz CT molecular complexity index is 1000. The van der Waals surface area contributed by atoms with Crippen LogP contribution in [0.4, 0.5) is 23.0 Å². The molecule has 0 unspecified atom stereocenters. The lowest BCUT2D eigenvalue weighted by molar-refractivity contribution is 0.102. The number of hydrogen-bond acceptors (Lipinski definition) is 7. The van der Waals surface area contributed by atoms with Crippen LogP contribution in [-0.2, 0) is 0 Å². The average molecular weight is 407 g/mol. The third kappa shape index (κ3) is 5.38. The van der Waals surface area contributed by atoms with Crippen LogP contribution in [0.2, 0.25) is 0 Å². The van der Waals surface area contributed by atoms with Crippen LogP contribution in [0.1, 0.15) is 23.1 Å². The van der Waals surface area contributed by atoms with Gasteiger partial charge in [0.2, 0.25) is 0 Å². The number of ether oxygens (including phenoxy) is 2. The Morgan fingerprint density at radius 3 is 2.10 bits per heavy atom. The Balaban J connectivity index is 1.70. The molecule has 0 bridgehead atoms. The number of aryl methyl sites for hydroxylation is 1. The molecule has 0 saturated heterocycles. The van der Waals surface area contributed by atoms with Crippen LogP contribution in [0.3, 0.4) is 0 Å². The van der Waals surface area contributed by atoms with Crippen molar-refractivity contribution in [3.8, 4) is 11.5 Å². The number of carbonyl (C=O) groups is 1. The van der Waals surface area contributed by atoms with Crippen molar-refractivity contribution in [1.82, 2.24) is 9.97 Å². The zero-order chi connectivity index (χ0) is 21.5. The van der Waals surface area contributed by atoms with E-state index in [4.69, 9.17) is 9.47 Å². The number of methoxy groups -OCH3 is 2. The number of hydrogen-bond donors (Lipinski definition) is 3. The Morgan fingerprint density at radius 2 is 1.50 bits per heavy atom. The second kappa shape index (κ2) is 9.60. The van der Waals surface area contributed by atoms with Gasteiger partial charge in [0.05, 0.1) is 14.2 Å². The number of anilines is 4. The molecule has 0 aliphatic rings. The Labute approximate surface area is 175 Å². The molecule has 0 aliphatic carbocycles. The second-order valence-corrected chi connectivity index (χ2v) is 6.47. The summed E-state index contributed by atoms with van der Waals surface area (Å²) in [6.07, 6.45) is 0. The van der Waals surface area contributed by atoms with Crippen LogP contribution in [0.5, 0.6) is 11.5 Å². The third-order valence-electron chi connectivity index (χ3n) is 4.22. The first-order valence-corrected chi connectivity index (χ1v) is 9.51. The van der Waals surface area contributed by atoms with E-state index in [0.29, 0.717) is 34.4 Å². The molecule has 3 rings (SSSR count). The van der Waals surface area contributed by atoms with Gasteiger partial charge in [-0.25, -0.2) is 9.97 Å². The molecule has 0 radical (unpaired) electrons. The summed E-state index contributed by atoms with van der Waals surface area (Å²) in [4.78, 5) is 21.3. The van der Waals surface area contributed by atoms with Gasteiger partial charge < -0.3 is 25.4 Å². The molecule has 0 fully saturated rings. The summed E-state index contributed by atoms with van der Waals surface area (Å²) in [5.74, 6) is 2.99. The van der Waals surface area contributed by atoms with Crippen molar-refractivity contribution in [3.63, 3.8) is 0 Å². The molecule has 156 valence electrons. The van der Waals surface area contributed by atoms with E-state index >= 15 is 0 Å². The van der Waals surface area contributed by atoms with Crippen molar-refractivity contribution in [3.05, 3.63) is 59.9 Å². The molecule has 2 aromatic carbocycles. The standard InChI is InChI=1S/C22H25N5O3/c1-5-23-20-13-21(25-14(2)24-20)26-16-6-8-17(9-7-16)27-22(28)15-10-18(29-3)12-19(11-15)30-4/h6-13H,5H2,1-4H3,(H,27,28)(H2,23,24,25,26). The molecule has 30 heavy (non-hydrogen) atoms. The van der Waals surface area contributed by atoms with Gasteiger partial charge in [0.25, 0.3) is 5.91 Å². The fourth-order valence-corrected chi connectivity index (χ4v) is 2.83. The smallest absolute Gasteiger partial charge is 0.255 e. The molecule has 8 nitrogen and oxygen atoms in total. The minimum absolute atomic E-state index is 0.255. The minimum atomic E-state index is -0.255. The second-order valence-electron chi connectivity index (χ2n) is 6.47. The molecule has 8 heteroatoms. The maximum absolute atomic E-state index is 12.6. The van der Waals surface area contributed by atoms with Crippen LogP contribution < -0.4 is 25.4 Å². The first-order valence-electron chi connectivity index (χ1n) is 9.51. The zero-order valence-electron chi connectivity index (χ0n) is 17.4. The van der Waals surface area contributed by atoms with Crippen LogP contribution >= 0.6 is 0 Å². The summed E-state index contributed by atoms with van der Waals surface area (Å²) < 4.78 is 10.4. The number of nitrogens with zero attached hydrogens (tertiary/aromatic N) is 2. The highest BCUT2D eigenvalue weighted by Crippen LogP contribution is 2.24. The van der Waals surface area contributed by atoms with Crippen LogP contribution in [0, 0.1) is 6.92 Å². The SMILES string of the molecule is CCNc1cc(Nc2ccc(NC(=O)c3cc(OC)cc(OC)c3)cc2)nc(C)n1. The fraction of sp³-hybridized carbons (Fsp3) is 0.227. The summed E-state index contributed by atoms with van der Waals surface area (Å²) in [6, 6.07) is 14.3. The van der Waals surface area contributed by atoms with Crippen LogP contribution in [-0.4, -0.2) is 36.6 Å². The first-order chi connectivity index (χ1) is 14.5. The predicted molar refractivity (Wildman–Crippen MR) is 118 cm³/mol. The molecule has 3 aromatic rings. The van der Waals surface area contributed by atoms with Crippen molar-refractivity contribution in [2.75, 3.05) is 36.7 Å². The summed E-state index contributed by atoms with van der Waals surface area (Å²) >= 11 is 0. The van der Waals surface area contributed by atoms with Gasteiger partial charge in [-0.2, -0.15) is 0 Å². The minimum Gasteiger partial charge on any atom is -0.497 e. The van der Waals surface area contributed by atoms with Gasteiger partial charge in [-0.05, 0) is 50.2 Å². The van der Waals surface area contributed by atoms with E-state index in [2.05, 4.69) is 25.9 Å². The fourth-order valence-electron chi connectivity index (χ4n) is 2.83. The summed E-state index contributed by atoms with van der Waals surface area (Å²) in [6.45, 7) is 4.64. The molecular formula is C22H25N5O3. The highest BCUT2D eigenvalue weighted by atomic mass is 16.5. The highest BCUT2D eigenvalue weighted by molar-refractivity contribution is 6.04. The van der Waals surface area contributed by atoms with Crippen molar-refractivity contribution in [2.24, 2.45) is 0 Å². The number of amides is 1. The van der Waals surface area contributed by atoms with Crippen molar-refractivity contribution < 1.29 is 14.3 Å². The molecule has 1 amide bonds. The van der Waals surface area contributed by atoms with E-state index in [-0.39, 0.29) is 5.91 Å². The molecular weight excluding hydrogens is 382 g/mol. The van der Waals surface area contributed by atoms with E-state index in [1.54, 1.807) is 32.4 Å². The van der Waals surface area contributed by atoms with E-state index in [9.17, 15) is 4.79 Å². The lowest BCUT2D eigenvalue weighted by atomic mass is 10.1. The monoisotopic (exact) mass is 407 g/mol. The molecule has 1 heterocycles. The van der Waals surface area contributed by atoms with Gasteiger partial charge in [-0.1, -0.05) is 0 Å². The Kier molecular flexibility index (Phi) is 6.69. The lowest BCUT2D eigenvalue weighted by Crippen LogP contribution is -2.12. The van der Waals surface area contributed by atoms with Crippen LogP contribution in [0.25, 0.3) is 0 Å². The van der Waals surface area contributed by atoms with Gasteiger partial charge in [0, 0.05) is 35.6 Å². The van der Waals surface area contributed by atoms with Gasteiger partial charge in [0.15, 0.2) is 0 Å². The Morgan fingerprint density at radius 1 is 0.900 bits per heavy atom. The number of aromatic nitrogens is 2. The van der Waals surface area contributed by atoms with E-state index in [1.807, 2.05) is 44.2 Å². The number of carbonyl (C=O) groups excluding carboxylic acids is 1. The molecule has 0 atom stereocenters. The van der Waals surface area contributed by atoms with Crippen molar-refractivity contribution >= 4 is 28.9 Å². The summed E-state index contributed by atoms with van der Waals surface area (Å²) in [5.41, 5.74) is 1.96. The summed E-state index contributed by atoms with van der Waals surface area (Å²) in [7, 11) is 3.09. The lowest BCUT2D eigenvalue weighted by Gasteiger charge is -2.11. The molecule has 0 saturated carbocycles. The maximum Gasteiger partial charge on any atom is 0.255 e. The maximum atomic E-state index is 12.6. The normalized spacial score (nSPS) is 10.3. The van der Waals surface area contributed by atoms with Gasteiger partial charge in [-0.15, -0.1) is 0 Å². The molecule has 0 aliphatic heterocycles. The van der Waals surface area contributed by atoms with Crippen LogP contribution in [0.15, 0.2) is 48.5 Å². The van der Waals surface area contributed by atoms with E-state index in [0.717, 1.165) is 18.1 Å². The van der Waals surface area contributed by atoms with Gasteiger partial charge >= 0.3 is 0 Å². The molecule has 3 N–H and O–H groups in total. The third-order valence-corrected chi connectivity index (χ3v) is 4.22. The first kappa shape index (κ1) is 20.9. The van der Waals surface area contributed by atoms with Gasteiger partial charge in [-0.3, -0.25) is 4.79 Å². The number of benzene rings is 2. The number of rotatable bonds is 8. The van der Waals surface area contributed by atoms with E-state index < -0.39 is 0 Å². The van der Waals surface area contributed by atoms with Crippen molar-refractivity contribution in [2.45, 2.75) is 13.8 Å². The molecule has 0 spiro atoms. The molecule has 1 aromatic heterocycles. The quantitative estimate of drug-likeness (QED) is 0.514. The predicted octanol–water partition coefficient (Wildman–Crippen LogP) is 4.23.